The molecule has 0 atom stereocenters. The number of carbonyl (C=O) groups is 1. The predicted molar refractivity (Wildman–Crippen MR) is 101 cm³/mol. The minimum atomic E-state index is -0.414. The first-order valence-corrected chi connectivity index (χ1v) is 8.89. The molecular weight excluding hydrogens is 320 g/mol. The Balaban J connectivity index is 1.73. The van der Waals surface area contributed by atoms with Gasteiger partial charge in [-0.15, -0.1) is 0 Å². The number of rotatable bonds is 6. The van der Waals surface area contributed by atoms with Crippen LogP contribution in [0.3, 0.4) is 0 Å². The van der Waals surface area contributed by atoms with Gasteiger partial charge >= 0.3 is 0 Å². The van der Waals surface area contributed by atoms with E-state index in [-0.39, 0.29) is 5.91 Å². The highest BCUT2D eigenvalue weighted by atomic mass is 35.5. The third-order valence-corrected chi connectivity index (χ3v) is 5.05. The van der Waals surface area contributed by atoms with Crippen LogP contribution in [-0.2, 0) is 10.2 Å². The highest BCUT2D eigenvalue weighted by Gasteiger charge is 2.51. The quantitative estimate of drug-likeness (QED) is 0.813. The molecule has 3 rings (SSSR count). The van der Waals surface area contributed by atoms with Crippen LogP contribution in [0, 0.1) is 0 Å². The Morgan fingerprint density at radius 2 is 1.79 bits per heavy atom. The Kier molecular flexibility index (Phi) is 4.81. The maximum absolute atomic E-state index is 12.8. The Bertz CT molecular complexity index is 719. The third kappa shape index (κ3) is 3.27. The first kappa shape index (κ1) is 16.8. The second-order valence-corrected chi connectivity index (χ2v) is 6.70. The lowest BCUT2D eigenvalue weighted by atomic mass is 9.95. The third-order valence-electron chi connectivity index (χ3n) is 4.82. The number of nitrogens with zero attached hydrogens (tertiary/aromatic N) is 1. The molecule has 0 spiro atoms. The smallest absolute Gasteiger partial charge is 0.235 e. The molecule has 1 amide bonds. The van der Waals surface area contributed by atoms with Crippen LogP contribution in [0.1, 0.15) is 32.3 Å². The molecule has 0 saturated heterocycles. The number of benzene rings is 2. The van der Waals surface area contributed by atoms with Gasteiger partial charge in [-0.3, -0.25) is 4.79 Å². The topological polar surface area (TPSA) is 32.3 Å². The standard InChI is InChI=1S/C20H23ClN2O/c1-3-23(4-2)18-10-8-17(9-11-18)22-19(24)20(12-13-20)15-6-5-7-16(21)14-15/h5-11,14H,3-4,12-13H2,1-2H3,(H,22,24). The number of hydrogen-bond donors (Lipinski definition) is 1. The average molecular weight is 343 g/mol. The molecule has 2 aromatic rings. The van der Waals surface area contributed by atoms with E-state index in [1.54, 1.807) is 0 Å². The molecule has 0 aromatic heterocycles. The van der Waals surface area contributed by atoms with Gasteiger partial charge in [-0.2, -0.15) is 0 Å². The maximum atomic E-state index is 12.8. The van der Waals surface area contributed by atoms with E-state index in [2.05, 4.69) is 36.2 Å². The van der Waals surface area contributed by atoms with Crippen LogP contribution in [0.25, 0.3) is 0 Å². The molecule has 2 aromatic carbocycles. The summed E-state index contributed by atoms with van der Waals surface area (Å²) in [5, 5.41) is 3.74. The van der Waals surface area contributed by atoms with Crippen molar-refractivity contribution in [2.24, 2.45) is 0 Å². The molecule has 3 nitrogen and oxygen atoms in total. The zero-order valence-corrected chi connectivity index (χ0v) is 14.9. The Labute approximate surface area is 148 Å². The number of carbonyl (C=O) groups excluding carboxylic acids is 1. The van der Waals surface area contributed by atoms with Gasteiger partial charge in [-0.25, -0.2) is 0 Å². The lowest BCUT2D eigenvalue weighted by Gasteiger charge is -2.21. The fourth-order valence-corrected chi connectivity index (χ4v) is 3.34. The normalized spacial score (nSPS) is 15.0. The maximum Gasteiger partial charge on any atom is 0.235 e. The zero-order valence-electron chi connectivity index (χ0n) is 14.2. The molecule has 4 heteroatoms. The first-order chi connectivity index (χ1) is 11.6. The summed E-state index contributed by atoms with van der Waals surface area (Å²) < 4.78 is 0. The summed E-state index contributed by atoms with van der Waals surface area (Å²) in [7, 11) is 0. The molecule has 0 unspecified atom stereocenters. The summed E-state index contributed by atoms with van der Waals surface area (Å²) in [5.41, 5.74) is 2.60. The molecule has 126 valence electrons. The molecule has 1 aliphatic carbocycles. The molecule has 0 bridgehead atoms. The van der Waals surface area contributed by atoms with Crippen molar-refractivity contribution in [3.8, 4) is 0 Å². The molecule has 24 heavy (non-hydrogen) atoms. The van der Waals surface area contributed by atoms with E-state index in [0.29, 0.717) is 5.02 Å². The minimum Gasteiger partial charge on any atom is -0.372 e. The second kappa shape index (κ2) is 6.86. The SMILES string of the molecule is CCN(CC)c1ccc(NC(=O)C2(c3cccc(Cl)c3)CC2)cc1. The average Bonchev–Trinajstić information content (AvgIpc) is 3.39. The van der Waals surface area contributed by atoms with Crippen molar-refractivity contribution in [1.29, 1.82) is 0 Å². The molecular formula is C20H23ClN2O. The van der Waals surface area contributed by atoms with Crippen molar-refractivity contribution in [2.75, 3.05) is 23.3 Å². The van der Waals surface area contributed by atoms with E-state index < -0.39 is 5.41 Å². The number of halogens is 1. The van der Waals surface area contributed by atoms with E-state index >= 15 is 0 Å². The highest BCUT2D eigenvalue weighted by Crippen LogP contribution is 2.49. The summed E-state index contributed by atoms with van der Waals surface area (Å²) in [6.07, 6.45) is 1.74. The van der Waals surface area contributed by atoms with Gasteiger partial charge in [0.15, 0.2) is 0 Å². The van der Waals surface area contributed by atoms with Crippen LogP contribution in [0.2, 0.25) is 5.02 Å². The number of anilines is 2. The minimum absolute atomic E-state index is 0.0559. The van der Waals surface area contributed by atoms with E-state index in [1.807, 2.05) is 36.4 Å². The zero-order chi connectivity index (χ0) is 17.2. The van der Waals surface area contributed by atoms with Crippen LogP contribution in [0.4, 0.5) is 11.4 Å². The van der Waals surface area contributed by atoms with Crippen LogP contribution < -0.4 is 10.2 Å². The second-order valence-electron chi connectivity index (χ2n) is 6.27. The number of amides is 1. The van der Waals surface area contributed by atoms with E-state index in [9.17, 15) is 4.79 Å². The Hall–Kier alpha value is -2.00. The lowest BCUT2D eigenvalue weighted by Crippen LogP contribution is -2.27. The summed E-state index contributed by atoms with van der Waals surface area (Å²) in [4.78, 5) is 15.1. The van der Waals surface area contributed by atoms with E-state index in [0.717, 1.165) is 37.2 Å². The Morgan fingerprint density at radius 3 is 2.33 bits per heavy atom. The monoisotopic (exact) mass is 342 g/mol. The lowest BCUT2D eigenvalue weighted by molar-refractivity contribution is -0.118. The first-order valence-electron chi connectivity index (χ1n) is 8.51. The number of nitrogens with one attached hydrogen (secondary N) is 1. The van der Waals surface area contributed by atoms with Gasteiger partial charge in [0.25, 0.3) is 0 Å². The molecule has 1 fully saturated rings. The summed E-state index contributed by atoms with van der Waals surface area (Å²) in [6, 6.07) is 15.7. The van der Waals surface area contributed by atoms with Gasteiger partial charge in [-0.1, -0.05) is 23.7 Å². The van der Waals surface area contributed by atoms with E-state index in [4.69, 9.17) is 11.6 Å². The van der Waals surface area contributed by atoms with Gasteiger partial charge in [0, 0.05) is 29.5 Å². The molecule has 0 aliphatic heterocycles. The van der Waals surface area contributed by atoms with Crippen molar-refractivity contribution >= 4 is 28.9 Å². The molecule has 1 N–H and O–H groups in total. The molecule has 1 saturated carbocycles. The summed E-state index contributed by atoms with van der Waals surface area (Å²) >= 11 is 6.08. The van der Waals surface area contributed by atoms with Crippen LogP contribution in [0.5, 0.6) is 0 Å². The highest BCUT2D eigenvalue weighted by molar-refractivity contribution is 6.30. The van der Waals surface area contributed by atoms with Crippen molar-refractivity contribution in [3.05, 3.63) is 59.1 Å². The van der Waals surface area contributed by atoms with Crippen LogP contribution in [-0.4, -0.2) is 19.0 Å². The molecule has 0 radical (unpaired) electrons. The summed E-state index contributed by atoms with van der Waals surface area (Å²) in [5.74, 6) is 0.0559. The van der Waals surface area contributed by atoms with Crippen molar-refractivity contribution in [3.63, 3.8) is 0 Å². The van der Waals surface area contributed by atoms with Crippen molar-refractivity contribution in [1.82, 2.24) is 0 Å². The Morgan fingerprint density at radius 1 is 1.12 bits per heavy atom. The van der Waals surface area contributed by atoms with E-state index in [1.165, 1.54) is 5.69 Å². The van der Waals surface area contributed by atoms with Gasteiger partial charge in [0.05, 0.1) is 5.41 Å². The number of hydrogen-bond acceptors (Lipinski definition) is 2. The fraction of sp³-hybridized carbons (Fsp3) is 0.350. The van der Waals surface area contributed by atoms with Crippen LogP contribution in [0.15, 0.2) is 48.5 Å². The van der Waals surface area contributed by atoms with Gasteiger partial charge in [0.2, 0.25) is 5.91 Å². The van der Waals surface area contributed by atoms with Gasteiger partial charge in [-0.05, 0) is 68.7 Å². The van der Waals surface area contributed by atoms with Crippen LogP contribution >= 0.6 is 11.6 Å². The van der Waals surface area contributed by atoms with Crippen molar-refractivity contribution < 1.29 is 4.79 Å². The largest absolute Gasteiger partial charge is 0.372 e. The summed E-state index contributed by atoms with van der Waals surface area (Å²) in [6.45, 7) is 6.22. The molecule has 0 heterocycles. The van der Waals surface area contributed by atoms with Crippen molar-refractivity contribution in [2.45, 2.75) is 32.1 Å². The molecule has 1 aliphatic rings. The predicted octanol–water partition coefficient (Wildman–Crippen LogP) is 4.86. The fourth-order valence-electron chi connectivity index (χ4n) is 3.15. The van der Waals surface area contributed by atoms with Gasteiger partial charge in [0.1, 0.15) is 0 Å². The van der Waals surface area contributed by atoms with Gasteiger partial charge < -0.3 is 10.2 Å².